The largest absolute Gasteiger partial charge is 0.398 e. The van der Waals surface area contributed by atoms with Crippen molar-refractivity contribution in [3.63, 3.8) is 0 Å². The molecular formula is C13H10ClNO. The molecule has 80 valence electrons. The van der Waals surface area contributed by atoms with E-state index in [0.717, 1.165) is 17.4 Å². The summed E-state index contributed by atoms with van der Waals surface area (Å²) in [6, 6.07) is 12.8. The third-order valence-corrected chi connectivity index (χ3v) is 2.61. The Morgan fingerprint density at radius 3 is 2.44 bits per heavy atom. The second-order valence-electron chi connectivity index (χ2n) is 3.47. The SMILES string of the molecule is Nc1cc(-c2cccc(Cl)c2)ccc1C=O. The van der Waals surface area contributed by atoms with Crippen molar-refractivity contribution in [2.45, 2.75) is 0 Å². The Kier molecular flexibility index (Phi) is 2.93. The second kappa shape index (κ2) is 4.37. The number of aldehydes is 1. The van der Waals surface area contributed by atoms with E-state index < -0.39 is 0 Å². The Morgan fingerprint density at radius 2 is 1.81 bits per heavy atom. The van der Waals surface area contributed by atoms with Gasteiger partial charge in [0.2, 0.25) is 0 Å². The first kappa shape index (κ1) is 10.7. The molecular weight excluding hydrogens is 222 g/mol. The van der Waals surface area contributed by atoms with Gasteiger partial charge >= 0.3 is 0 Å². The van der Waals surface area contributed by atoms with Gasteiger partial charge in [-0.1, -0.05) is 29.8 Å². The normalized spacial score (nSPS) is 10.1. The van der Waals surface area contributed by atoms with Gasteiger partial charge in [-0.15, -0.1) is 0 Å². The van der Waals surface area contributed by atoms with E-state index >= 15 is 0 Å². The quantitative estimate of drug-likeness (QED) is 0.636. The van der Waals surface area contributed by atoms with Crippen molar-refractivity contribution >= 4 is 23.6 Å². The van der Waals surface area contributed by atoms with Crippen LogP contribution < -0.4 is 5.73 Å². The Hall–Kier alpha value is -1.80. The van der Waals surface area contributed by atoms with Crippen LogP contribution in [0.5, 0.6) is 0 Å². The van der Waals surface area contributed by atoms with Crippen LogP contribution in [0.3, 0.4) is 0 Å². The van der Waals surface area contributed by atoms with Crippen LogP contribution in [0, 0.1) is 0 Å². The Bertz CT molecular complexity index is 537. The van der Waals surface area contributed by atoms with Crippen LogP contribution in [0.25, 0.3) is 11.1 Å². The van der Waals surface area contributed by atoms with Crippen LogP contribution >= 0.6 is 11.6 Å². The number of anilines is 1. The highest BCUT2D eigenvalue weighted by molar-refractivity contribution is 6.30. The molecule has 0 aliphatic rings. The van der Waals surface area contributed by atoms with Crippen LogP contribution in [0.1, 0.15) is 10.4 Å². The zero-order valence-corrected chi connectivity index (χ0v) is 9.24. The molecule has 0 saturated heterocycles. The predicted octanol–water partition coefficient (Wildman–Crippen LogP) is 3.40. The minimum Gasteiger partial charge on any atom is -0.398 e. The van der Waals surface area contributed by atoms with Gasteiger partial charge < -0.3 is 5.73 Å². The molecule has 2 aromatic carbocycles. The molecule has 16 heavy (non-hydrogen) atoms. The van der Waals surface area contributed by atoms with E-state index in [9.17, 15) is 4.79 Å². The summed E-state index contributed by atoms with van der Waals surface area (Å²) in [6.07, 6.45) is 0.747. The number of halogens is 1. The average Bonchev–Trinajstić information content (AvgIpc) is 2.29. The summed E-state index contributed by atoms with van der Waals surface area (Å²) in [4.78, 5) is 10.6. The molecule has 3 heteroatoms. The van der Waals surface area contributed by atoms with Crippen LogP contribution in [0.4, 0.5) is 5.69 Å². The third kappa shape index (κ3) is 2.07. The lowest BCUT2D eigenvalue weighted by atomic mass is 10.0. The lowest BCUT2D eigenvalue weighted by Crippen LogP contribution is -1.92. The summed E-state index contributed by atoms with van der Waals surface area (Å²) in [6.45, 7) is 0. The summed E-state index contributed by atoms with van der Waals surface area (Å²) in [5.74, 6) is 0. The first-order valence-corrected chi connectivity index (χ1v) is 5.19. The molecule has 0 spiro atoms. The van der Waals surface area contributed by atoms with Gasteiger partial charge in [-0.05, 0) is 35.4 Å². The predicted molar refractivity (Wildman–Crippen MR) is 66.7 cm³/mol. The molecule has 0 amide bonds. The van der Waals surface area contributed by atoms with E-state index in [-0.39, 0.29) is 0 Å². The van der Waals surface area contributed by atoms with E-state index in [1.165, 1.54) is 0 Å². The summed E-state index contributed by atoms with van der Waals surface area (Å²) in [5, 5.41) is 0.676. The summed E-state index contributed by atoms with van der Waals surface area (Å²) in [7, 11) is 0. The van der Waals surface area contributed by atoms with Gasteiger partial charge in [-0.3, -0.25) is 4.79 Å². The van der Waals surface area contributed by atoms with Crippen LogP contribution in [0.15, 0.2) is 42.5 Å². The molecule has 0 aliphatic carbocycles. The van der Waals surface area contributed by atoms with E-state index in [4.69, 9.17) is 17.3 Å². The van der Waals surface area contributed by atoms with Gasteiger partial charge in [0.05, 0.1) is 0 Å². The van der Waals surface area contributed by atoms with Crippen molar-refractivity contribution in [2.24, 2.45) is 0 Å². The molecule has 0 aliphatic heterocycles. The molecule has 0 radical (unpaired) electrons. The molecule has 0 fully saturated rings. The number of nitrogen functional groups attached to an aromatic ring is 1. The lowest BCUT2D eigenvalue weighted by Gasteiger charge is -2.05. The van der Waals surface area contributed by atoms with Crippen molar-refractivity contribution < 1.29 is 4.79 Å². The molecule has 0 atom stereocenters. The molecule has 2 aromatic rings. The Labute approximate surface area is 98.7 Å². The molecule has 2 N–H and O–H groups in total. The third-order valence-electron chi connectivity index (χ3n) is 2.37. The highest BCUT2D eigenvalue weighted by Crippen LogP contribution is 2.25. The van der Waals surface area contributed by atoms with Crippen molar-refractivity contribution in [3.8, 4) is 11.1 Å². The van der Waals surface area contributed by atoms with Gasteiger partial charge in [0.25, 0.3) is 0 Å². The van der Waals surface area contributed by atoms with Gasteiger partial charge in [0.1, 0.15) is 0 Å². The monoisotopic (exact) mass is 231 g/mol. The topological polar surface area (TPSA) is 43.1 Å². The van der Waals surface area contributed by atoms with Crippen molar-refractivity contribution in [1.29, 1.82) is 0 Å². The maximum atomic E-state index is 10.6. The highest BCUT2D eigenvalue weighted by atomic mass is 35.5. The number of rotatable bonds is 2. The zero-order valence-electron chi connectivity index (χ0n) is 8.48. The molecule has 2 rings (SSSR count). The number of benzene rings is 2. The fraction of sp³-hybridized carbons (Fsp3) is 0. The minimum absolute atomic E-state index is 0.479. The van der Waals surface area contributed by atoms with Crippen LogP contribution in [0.2, 0.25) is 5.02 Å². The van der Waals surface area contributed by atoms with E-state index in [1.807, 2.05) is 30.3 Å². The van der Waals surface area contributed by atoms with Crippen LogP contribution in [-0.2, 0) is 0 Å². The van der Waals surface area contributed by atoms with E-state index in [2.05, 4.69) is 0 Å². The van der Waals surface area contributed by atoms with E-state index in [1.54, 1.807) is 12.1 Å². The average molecular weight is 232 g/mol. The lowest BCUT2D eigenvalue weighted by molar-refractivity contribution is 0.112. The highest BCUT2D eigenvalue weighted by Gasteiger charge is 2.02. The van der Waals surface area contributed by atoms with Gasteiger partial charge in [-0.2, -0.15) is 0 Å². The standard InChI is InChI=1S/C13H10ClNO/c14-12-3-1-2-9(6-12)10-4-5-11(8-16)13(15)7-10/h1-8H,15H2. The number of hydrogen-bond donors (Lipinski definition) is 1. The number of carbonyl (C=O) groups is 1. The van der Waals surface area contributed by atoms with Crippen molar-refractivity contribution in [2.75, 3.05) is 5.73 Å². The van der Waals surface area contributed by atoms with E-state index in [0.29, 0.717) is 16.3 Å². The fourth-order valence-corrected chi connectivity index (χ4v) is 1.72. The maximum Gasteiger partial charge on any atom is 0.152 e. The minimum atomic E-state index is 0.479. The molecule has 0 saturated carbocycles. The first-order valence-electron chi connectivity index (χ1n) is 4.81. The summed E-state index contributed by atoms with van der Waals surface area (Å²) < 4.78 is 0. The summed E-state index contributed by atoms with van der Waals surface area (Å²) in [5.41, 5.74) is 8.66. The summed E-state index contributed by atoms with van der Waals surface area (Å²) >= 11 is 5.91. The molecule has 2 nitrogen and oxygen atoms in total. The second-order valence-corrected chi connectivity index (χ2v) is 3.91. The fourth-order valence-electron chi connectivity index (χ4n) is 1.53. The van der Waals surface area contributed by atoms with Crippen LogP contribution in [-0.4, -0.2) is 6.29 Å². The smallest absolute Gasteiger partial charge is 0.152 e. The van der Waals surface area contributed by atoms with Gasteiger partial charge in [0.15, 0.2) is 6.29 Å². The maximum absolute atomic E-state index is 10.6. The van der Waals surface area contributed by atoms with Crippen molar-refractivity contribution in [3.05, 3.63) is 53.1 Å². The number of carbonyl (C=O) groups excluding carboxylic acids is 1. The number of nitrogens with two attached hydrogens (primary N) is 1. The Morgan fingerprint density at radius 1 is 1.06 bits per heavy atom. The van der Waals surface area contributed by atoms with Gasteiger partial charge in [-0.25, -0.2) is 0 Å². The first-order chi connectivity index (χ1) is 7.70. The molecule has 0 bridgehead atoms. The molecule has 0 aromatic heterocycles. The molecule has 0 heterocycles. The zero-order chi connectivity index (χ0) is 11.5. The van der Waals surface area contributed by atoms with Crippen molar-refractivity contribution in [1.82, 2.24) is 0 Å². The molecule has 0 unspecified atom stereocenters. The Balaban J connectivity index is 2.49. The van der Waals surface area contributed by atoms with Gasteiger partial charge in [0, 0.05) is 16.3 Å². The number of hydrogen-bond acceptors (Lipinski definition) is 2.